The Hall–Kier alpha value is -2.83. The normalized spacial score (nSPS) is 10.2. The molecule has 2 N–H and O–H groups in total. The summed E-state index contributed by atoms with van der Waals surface area (Å²) < 4.78 is 6.73. The van der Waals surface area contributed by atoms with Gasteiger partial charge in [-0.3, -0.25) is 4.79 Å². The van der Waals surface area contributed by atoms with Gasteiger partial charge in [0.05, 0.1) is 18.5 Å². The minimum absolute atomic E-state index is 0.0302. The summed E-state index contributed by atoms with van der Waals surface area (Å²) >= 11 is 0. The average Bonchev–Trinajstić information content (AvgIpc) is 2.81. The molecule has 0 saturated heterocycles. The SMILES string of the molecule is COc1cc(-n2nc(C(=O)O)cc2C)ccc1NC(C)=O. The number of aromatic carboxylic acids is 1. The maximum absolute atomic E-state index is 11.1. The molecule has 110 valence electrons. The third-order valence-corrected chi connectivity index (χ3v) is 2.85. The number of aryl methyl sites for hydroxylation is 1. The largest absolute Gasteiger partial charge is 0.494 e. The smallest absolute Gasteiger partial charge is 0.356 e. The molecular weight excluding hydrogens is 274 g/mol. The van der Waals surface area contributed by atoms with Gasteiger partial charge in [0.1, 0.15) is 5.75 Å². The van der Waals surface area contributed by atoms with Gasteiger partial charge >= 0.3 is 5.97 Å². The van der Waals surface area contributed by atoms with E-state index in [9.17, 15) is 9.59 Å². The molecule has 1 aromatic heterocycles. The summed E-state index contributed by atoms with van der Waals surface area (Å²) in [7, 11) is 1.49. The Kier molecular flexibility index (Phi) is 3.93. The van der Waals surface area contributed by atoms with Crippen LogP contribution in [0.3, 0.4) is 0 Å². The van der Waals surface area contributed by atoms with Crippen molar-refractivity contribution in [2.45, 2.75) is 13.8 Å². The van der Waals surface area contributed by atoms with Crippen molar-refractivity contribution in [1.29, 1.82) is 0 Å². The topological polar surface area (TPSA) is 93.5 Å². The number of anilines is 1. The van der Waals surface area contributed by atoms with Gasteiger partial charge in [-0.1, -0.05) is 0 Å². The number of amides is 1. The highest BCUT2D eigenvalue weighted by Crippen LogP contribution is 2.27. The van der Waals surface area contributed by atoms with Crippen LogP contribution in [-0.2, 0) is 4.79 Å². The van der Waals surface area contributed by atoms with Gasteiger partial charge in [0, 0.05) is 18.7 Å². The van der Waals surface area contributed by atoms with Crippen LogP contribution in [0.1, 0.15) is 23.1 Å². The second-order valence-electron chi connectivity index (χ2n) is 4.45. The molecule has 0 spiro atoms. The van der Waals surface area contributed by atoms with Crippen LogP contribution in [0.2, 0.25) is 0 Å². The first-order valence-corrected chi connectivity index (χ1v) is 6.18. The van der Waals surface area contributed by atoms with Crippen molar-refractivity contribution in [3.8, 4) is 11.4 Å². The predicted molar refractivity (Wildman–Crippen MR) is 76.1 cm³/mol. The van der Waals surface area contributed by atoms with Crippen LogP contribution in [0, 0.1) is 6.92 Å². The monoisotopic (exact) mass is 289 g/mol. The Morgan fingerprint density at radius 1 is 1.33 bits per heavy atom. The zero-order chi connectivity index (χ0) is 15.6. The van der Waals surface area contributed by atoms with Gasteiger partial charge in [-0.25, -0.2) is 9.48 Å². The fraction of sp³-hybridized carbons (Fsp3) is 0.214. The van der Waals surface area contributed by atoms with E-state index in [-0.39, 0.29) is 11.6 Å². The van der Waals surface area contributed by atoms with E-state index in [0.29, 0.717) is 22.8 Å². The number of carboxylic acid groups (broad SMARTS) is 1. The summed E-state index contributed by atoms with van der Waals surface area (Å²) in [6.45, 7) is 3.16. The number of nitrogens with zero attached hydrogens (tertiary/aromatic N) is 2. The molecule has 1 aromatic carbocycles. The second-order valence-corrected chi connectivity index (χ2v) is 4.45. The van der Waals surface area contributed by atoms with Crippen molar-refractivity contribution in [2.24, 2.45) is 0 Å². The highest BCUT2D eigenvalue weighted by Gasteiger charge is 2.13. The van der Waals surface area contributed by atoms with Gasteiger partial charge in [-0.15, -0.1) is 0 Å². The van der Waals surface area contributed by atoms with E-state index < -0.39 is 5.97 Å². The Bertz CT molecular complexity index is 706. The first kappa shape index (κ1) is 14.6. The lowest BCUT2D eigenvalue weighted by Crippen LogP contribution is -2.08. The third kappa shape index (κ3) is 3.02. The number of ether oxygens (including phenoxy) is 1. The standard InChI is InChI=1S/C14H15N3O4/c1-8-6-12(14(19)20)16-17(8)10-4-5-11(15-9(2)18)13(7-10)21-3/h4-7H,1-3H3,(H,15,18)(H,19,20). The molecule has 1 heterocycles. The van der Waals surface area contributed by atoms with Crippen LogP contribution in [-0.4, -0.2) is 33.9 Å². The summed E-state index contributed by atoms with van der Waals surface area (Å²) in [6, 6.07) is 6.56. The van der Waals surface area contributed by atoms with Crippen LogP contribution in [0.15, 0.2) is 24.3 Å². The van der Waals surface area contributed by atoms with Crippen molar-refractivity contribution in [3.05, 3.63) is 35.7 Å². The molecule has 0 atom stereocenters. The van der Waals surface area contributed by atoms with Crippen LogP contribution >= 0.6 is 0 Å². The summed E-state index contributed by atoms with van der Waals surface area (Å²) in [5.74, 6) is -0.822. The number of carboxylic acids is 1. The molecular formula is C14H15N3O4. The average molecular weight is 289 g/mol. The van der Waals surface area contributed by atoms with E-state index >= 15 is 0 Å². The molecule has 0 saturated carbocycles. The number of carbonyl (C=O) groups excluding carboxylic acids is 1. The van der Waals surface area contributed by atoms with Crippen molar-refractivity contribution in [3.63, 3.8) is 0 Å². The van der Waals surface area contributed by atoms with Crippen LogP contribution in [0.5, 0.6) is 5.75 Å². The maximum Gasteiger partial charge on any atom is 0.356 e. The van der Waals surface area contributed by atoms with E-state index in [0.717, 1.165) is 0 Å². The van der Waals surface area contributed by atoms with Crippen LogP contribution in [0.4, 0.5) is 5.69 Å². The number of nitrogens with one attached hydrogen (secondary N) is 1. The maximum atomic E-state index is 11.1. The summed E-state index contributed by atoms with van der Waals surface area (Å²) in [4.78, 5) is 22.1. The first-order valence-electron chi connectivity index (χ1n) is 6.18. The molecule has 7 nitrogen and oxygen atoms in total. The zero-order valence-corrected chi connectivity index (χ0v) is 11.9. The Labute approximate surface area is 121 Å². The van der Waals surface area contributed by atoms with Crippen molar-refractivity contribution in [1.82, 2.24) is 9.78 Å². The number of methoxy groups -OCH3 is 1. The molecule has 0 aliphatic carbocycles. The predicted octanol–water partition coefficient (Wildman–Crippen LogP) is 1.85. The molecule has 0 fully saturated rings. The molecule has 7 heteroatoms. The highest BCUT2D eigenvalue weighted by molar-refractivity contribution is 5.90. The number of carbonyl (C=O) groups is 2. The van der Waals surface area contributed by atoms with Gasteiger partial charge in [0.2, 0.25) is 5.91 Å². The van der Waals surface area contributed by atoms with Gasteiger partial charge < -0.3 is 15.2 Å². The molecule has 0 bridgehead atoms. The number of aromatic nitrogens is 2. The summed E-state index contributed by atoms with van der Waals surface area (Å²) in [5, 5.41) is 15.6. The summed E-state index contributed by atoms with van der Waals surface area (Å²) in [5.41, 5.74) is 1.84. The molecule has 0 unspecified atom stereocenters. The van der Waals surface area contributed by atoms with Gasteiger partial charge in [0.25, 0.3) is 0 Å². The van der Waals surface area contributed by atoms with Crippen molar-refractivity contribution in [2.75, 3.05) is 12.4 Å². The van der Waals surface area contributed by atoms with Gasteiger partial charge in [-0.2, -0.15) is 5.10 Å². The molecule has 0 aliphatic heterocycles. The van der Waals surface area contributed by atoms with E-state index in [2.05, 4.69) is 10.4 Å². The van der Waals surface area contributed by atoms with E-state index in [1.165, 1.54) is 24.8 Å². The van der Waals surface area contributed by atoms with Crippen molar-refractivity contribution < 1.29 is 19.4 Å². The molecule has 2 rings (SSSR count). The molecule has 0 radical (unpaired) electrons. The van der Waals surface area contributed by atoms with E-state index in [1.54, 1.807) is 25.1 Å². The first-order chi connectivity index (χ1) is 9.92. The number of hydrogen-bond acceptors (Lipinski definition) is 4. The van der Waals surface area contributed by atoms with Gasteiger partial charge in [0.15, 0.2) is 5.69 Å². The number of rotatable bonds is 4. The second kappa shape index (κ2) is 5.66. The molecule has 0 aliphatic rings. The molecule has 1 amide bonds. The zero-order valence-electron chi connectivity index (χ0n) is 11.9. The summed E-state index contributed by atoms with van der Waals surface area (Å²) in [6.07, 6.45) is 0. The fourth-order valence-electron chi connectivity index (χ4n) is 1.94. The Morgan fingerprint density at radius 3 is 2.57 bits per heavy atom. The number of benzene rings is 1. The fourth-order valence-corrected chi connectivity index (χ4v) is 1.94. The quantitative estimate of drug-likeness (QED) is 0.895. The molecule has 2 aromatic rings. The van der Waals surface area contributed by atoms with E-state index in [1.807, 2.05) is 0 Å². The Morgan fingerprint density at radius 2 is 2.05 bits per heavy atom. The number of hydrogen-bond donors (Lipinski definition) is 2. The third-order valence-electron chi connectivity index (χ3n) is 2.85. The lowest BCUT2D eigenvalue weighted by Gasteiger charge is -2.11. The Balaban J connectivity index is 2.45. The van der Waals surface area contributed by atoms with E-state index in [4.69, 9.17) is 9.84 Å². The van der Waals surface area contributed by atoms with Crippen molar-refractivity contribution >= 4 is 17.6 Å². The molecule has 21 heavy (non-hydrogen) atoms. The lowest BCUT2D eigenvalue weighted by molar-refractivity contribution is -0.114. The highest BCUT2D eigenvalue weighted by atomic mass is 16.5. The minimum Gasteiger partial charge on any atom is -0.494 e. The van der Waals surface area contributed by atoms with Crippen LogP contribution in [0.25, 0.3) is 5.69 Å². The van der Waals surface area contributed by atoms with Crippen LogP contribution < -0.4 is 10.1 Å². The minimum atomic E-state index is -1.08. The van der Waals surface area contributed by atoms with Gasteiger partial charge in [-0.05, 0) is 25.1 Å². The lowest BCUT2D eigenvalue weighted by atomic mass is 10.2.